The SMILES string of the molecule is O=C1[C@@H](Nc2nc3ccc(Cl)cc3s2)CCN1c1ccc(S(=O)(=O)Nc2nccs2)cc1.[HH].[HH]. The van der Waals surface area contributed by atoms with Gasteiger partial charge < -0.3 is 10.2 Å². The highest BCUT2D eigenvalue weighted by Gasteiger charge is 2.33. The van der Waals surface area contributed by atoms with E-state index in [2.05, 4.69) is 20.0 Å². The van der Waals surface area contributed by atoms with Gasteiger partial charge in [0.2, 0.25) is 5.91 Å². The van der Waals surface area contributed by atoms with Crippen LogP contribution in [0.5, 0.6) is 0 Å². The molecule has 0 bridgehead atoms. The average Bonchev–Trinajstić information content (AvgIpc) is 3.49. The monoisotopic (exact) mass is 509 g/mol. The number of carbonyl (C=O) groups excluding carboxylic acids is 1. The summed E-state index contributed by atoms with van der Waals surface area (Å²) in [5.41, 5.74) is 1.47. The number of anilines is 3. The molecule has 1 amide bonds. The second kappa shape index (κ2) is 8.32. The molecule has 8 nitrogen and oxygen atoms in total. The molecule has 0 saturated carbocycles. The minimum atomic E-state index is -3.74. The molecule has 168 valence electrons. The van der Waals surface area contributed by atoms with Crippen LogP contribution in [-0.2, 0) is 14.8 Å². The van der Waals surface area contributed by atoms with E-state index >= 15 is 0 Å². The van der Waals surface area contributed by atoms with Gasteiger partial charge in [0.15, 0.2) is 10.3 Å². The Morgan fingerprint density at radius 3 is 2.72 bits per heavy atom. The molecule has 32 heavy (non-hydrogen) atoms. The average molecular weight is 510 g/mol. The lowest BCUT2D eigenvalue weighted by molar-refractivity contribution is -0.117. The van der Waals surface area contributed by atoms with Crippen LogP contribution in [0.25, 0.3) is 10.2 Å². The van der Waals surface area contributed by atoms with Gasteiger partial charge in [0.05, 0.1) is 15.1 Å². The first-order chi connectivity index (χ1) is 15.4. The van der Waals surface area contributed by atoms with Crippen molar-refractivity contribution in [3.8, 4) is 0 Å². The standard InChI is InChI=1S/C20H16ClN5O3S3.2H2/c21-12-1-6-15-17(11-12)31-20(23-15)24-16-7-9-26(18(16)27)13-2-4-14(5-3-13)32(28,29)25-19-22-8-10-30-19;;/h1-6,8,10-11,16H,7,9H2,(H,22,25)(H,23,24);2*1H/t16-;;/m0../s1. The van der Waals surface area contributed by atoms with Gasteiger partial charge in [-0.05, 0) is 48.9 Å². The predicted octanol–water partition coefficient (Wildman–Crippen LogP) is 4.92. The molecular formula is C20H20ClN5O3S3. The maximum absolute atomic E-state index is 13.0. The van der Waals surface area contributed by atoms with E-state index in [1.807, 2.05) is 12.1 Å². The molecule has 1 fully saturated rings. The van der Waals surface area contributed by atoms with Crippen LogP contribution in [0.15, 0.2) is 58.9 Å². The Kier molecular flexibility index (Phi) is 5.49. The molecule has 2 aromatic carbocycles. The molecule has 0 radical (unpaired) electrons. The number of hydrogen-bond donors (Lipinski definition) is 2. The van der Waals surface area contributed by atoms with E-state index in [1.54, 1.807) is 28.5 Å². The lowest BCUT2D eigenvalue weighted by atomic mass is 10.2. The lowest BCUT2D eigenvalue weighted by Crippen LogP contribution is -2.33. The molecule has 12 heteroatoms. The lowest BCUT2D eigenvalue weighted by Gasteiger charge is -2.17. The molecule has 1 aliphatic heterocycles. The van der Waals surface area contributed by atoms with Crippen molar-refractivity contribution in [2.75, 3.05) is 21.5 Å². The summed E-state index contributed by atoms with van der Waals surface area (Å²) < 4.78 is 28.4. The molecule has 1 saturated heterocycles. The van der Waals surface area contributed by atoms with Crippen molar-refractivity contribution < 1.29 is 16.1 Å². The van der Waals surface area contributed by atoms with Gasteiger partial charge in [-0.2, -0.15) is 0 Å². The summed E-state index contributed by atoms with van der Waals surface area (Å²) in [5, 5.41) is 6.52. The molecule has 1 atom stereocenters. The first kappa shape index (κ1) is 21.1. The Bertz CT molecular complexity index is 1400. The van der Waals surface area contributed by atoms with E-state index in [0.717, 1.165) is 10.2 Å². The number of halogens is 1. The number of nitrogens with one attached hydrogen (secondary N) is 2. The maximum atomic E-state index is 13.0. The van der Waals surface area contributed by atoms with E-state index in [4.69, 9.17) is 11.6 Å². The molecular weight excluding hydrogens is 490 g/mol. The fourth-order valence-electron chi connectivity index (χ4n) is 3.43. The Morgan fingerprint density at radius 1 is 1.16 bits per heavy atom. The molecule has 4 aromatic rings. The number of carbonyl (C=O) groups is 1. The summed E-state index contributed by atoms with van der Waals surface area (Å²) in [4.78, 5) is 23.2. The van der Waals surface area contributed by atoms with Gasteiger partial charge in [0, 0.05) is 31.7 Å². The van der Waals surface area contributed by atoms with Crippen LogP contribution >= 0.6 is 34.3 Å². The number of hydrogen-bond acceptors (Lipinski definition) is 8. The first-order valence-electron chi connectivity index (χ1n) is 9.55. The van der Waals surface area contributed by atoms with E-state index in [-0.39, 0.29) is 13.7 Å². The molecule has 2 N–H and O–H groups in total. The summed E-state index contributed by atoms with van der Waals surface area (Å²) in [6.45, 7) is 0.524. The maximum Gasteiger partial charge on any atom is 0.263 e. The predicted molar refractivity (Wildman–Crippen MR) is 133 cm³/mol. The highest BCUT2D eigenvalue weighted by Crippen LogP contribution is 2.31. The van der Waals surface area contributed by atoms with Crippen molar-refractivity contribution in [2.24, 2.45) is 0 Å². The van der Waals surface area contributed by atoms with Crippen LogP contribution < -0.4 is 14.9 Å². The van der Waals surface area contributed by atoms with Crippen LogP contribution in [0.3, 0.4) is 0 Å². The fourth-order valence-corrected chi connectivity index (χ4v) is 6.42. The number of aromatic nitrogens is 2. The highest BCUT2D eigenvalue weighted by atomic mass is 35.5. The van der Waals surface area contributed by atoms with Gasteiger partial charge in [-0.25, -0.2) is 18.4 Å². The van der Waals surface area contributed by atoms with Crippen LogP contribution in [0.4, 0.5) is 16.0 Å². The van der Waals surface area contributed by atoms with Crippen molar-refractivity contribution >= 4 is 76.4 Å². The van der Waals surface area contributed by atoms with Crippen molar-refractivity contribution in [1.29, 1.82) is 0 Å². The quantitative estimate of drug-likeness (QED) is 0.382. The van der Waals surface area contributed by atoms with Gasteiger partial charge in [0.25, 0.3) is 10.0 Å². The van der Waals surface area contributed by atoms with Gasteiger partial charge in [-0.15, -0.1) is 11.3 Å². The number of amides is 1. The van der Waals surface area contributed by atoms with Crippen LogP contribution in [0, 0.1) is 0 Å². The Balaban J connectivity index is 0.00000162. The fraction of sp³-hybridized carbons (Fsp3) is 0.150. The van der Waals surface area contributed by atoms with E-state index in [9.17, 15) is 13.2 Å². The Hall–Kier alpha value is -2.73. The molecule has 1 aliphatic rings. The normalized spacial score (nSPS) is 16.6. The van der Waals surface area contributed by atoms with Gasteiger partial charge in [-0.1, -0.05) is 22.9 Å². The molecule has 2 aromatic heterocycles. The Labute approximate surface area is 199 Å². The second-order valence-electron chi connectivity index (χ2n) is 7.04. The van der Waals surface area contributed by atoms with Crippen LogP contribution in [0.1, 0.15) is 9.27 Å². The topological polar surface area (TPSA) is 104 Å². The number of rotatable bonds is 6. The summed E-state index contributed by atoms with van der Waals surface area (Å²) >= 11 is 8.68. The second-order valence-corrected chi connectivity index (χ2v) is 11.1. The van der Waals surface area contributed by atoms with Gasteiger partial charge >= 0.3 is 0 Å². The van der Waals surface area contributed by atoms with Crippen molar-refractivity contribution in [2.45, 2.75) is 17.4 Å². The highest BCUT2D eigenvalue weighted by molar-refractivity contribution is 7.93. The molecule has 3 heterocycles. The zero-order valence-electron chi connectivity index (χ0n) is 16.4. The molecule has 0 aliphatic carbocycles. The smallest absolute Gasteiger partial charge is 0.263 e. The number of nitrogens with zero attached hydrogens (tertiary/aromatic N) is 3. The van der Waals surface area contributed by atoms with Gasteiger partial charge in [0.1, 0.15) is 6.04 Å². The third-order valence-corrected chi connectivity index (χ3v) is 8.32. The van der Waals surface area contributed by atoms with E-state index in [1.165, 1.54) is 41.0 Å². The van der Waals surface area contributed by atoms with E-state index < -0.39 is 16.1 Å². The summed E-state index contributed by atoms with van der Waals surface area (Å²) in [6.07, 6.45) is 2.14. The van der Waals surface area contributed by atoms with Gasteiger partial charge in [-0.3, -0.25) is 9.52 Å². The summed E-state index contributed by atoms with van der Waals surface area (Å²) in [6, 6.07) is 11.3. The number of benzene rings is 2. The van der Waals surface area contributed by atoms with Crippen LogP contribution in [0.2, 0.25) is 5.02 Å². The zero-order valence-corrected chi connectivity index (χ0v) is 19.6. The number of sulfonamides is 1. The summed E-state index contributed by atoms with van der Waals surface area (Å²) in [7, 11) is -3.74. The zero-order chi connectivity index (χ0) is 22.3. The van der Waals surface area contributed by atoms with E-state index in [0.29, 0.717) is 33.9 Å². The number of thiazole rings is 2. The molecule has 0 spiro atoms. The van der Waals surface area contributed by atoms with Crippen molar-refractivity contribution in [1.82, 2.24) is 9.97 Å². The third-order valence-electron chi connectivity index (χ3n) is 4.97. The minimum absolute atomic E-state index is 0. The number of fused-ring (bicyclic) bond motifs is 1. The summed E-state index contributed by atoms with van der Waals surface area (Å²) in [5.74, 6) is -0.0844. The molecule has 5 rings (SSSR count). The first-order valence-corrected chi connectivity index (χ1v) is 13.1. The van der Waals surface area contributed by atoms with Crippen molar-refractivity contribution in [3.63, 3.8) is 0 Å². The molecule has 0 unspecified atom stereocenters. The minimum Gasteiger partial charge on any atom is -0.350 e. The van der Waals surface area contributed by atoms with Crippen molar-refractivity contribution in [3.05, 3.63) is 59.1 Å². The Morgan fingerprint density at radius 2 is 1.97 bits per heavy atom. The van der Waals surface area contributed by atoms with Crippen LogP contribution in [-0.4, -0.2) is 36.9 Å². The largest absolute Gasteiger partial charge is 0.350 e. The third kappa shape index (κ3) is 4.16.